The Morgan fingerprint density at radius 1 is 1.43 bits per heavy atom. The molecule has 3 rings (SSSR count). The van der Waals surface area contributed by atoms with Crippen LogP contribution in [0, 0.1) is 0 Å². The lowest BCUT2D eigenvalue weighted by molar-refractivity contribution is 0.0932. The minimum Gasteiger partial charge on any atom is -0.493 e. The second-order valence-corrected chi connectivity index (χ2v) is 8.39. The lowest BCUT2D eigenvalue weighted by Gasteiger charge is -2.32. The number of nitrogens with zero attached hydrogens (tertiary/aromatic N) is 1. The summed E-state index contributed by atoms with van der Waals surface area (Å²) in [7, 11) is 1.54. The standard InChI is InChI=1S/C21H27ClN2O3S/c1-4-8-27-20-17(22)10-16(11-18(20)26-3)21(25)23-12-14(2)24-7-5-19-15(13-24)6-9-28-19/h6,9-11,14H,4-5,7-8,12-13H2,1-3H3,(H,23,25). The molecule has 2 aromatic rings. The third-order valence-electron chi connectivity index (χ3n) is 4.96. The van der Waals surface area contributed by atoms with Crippen molar-refractivity contribution in [2.75, 3.05) is 26.8 Å². The predicted molar refractivity (Wildman–Crippen MR) is 114 cm³/mol. The highest BCUT2D eigenvalue weighted by Gasteiger charge is 2.22. The van der Waals surface area contributed by atoms with Crippen molar-refractivity contribution in [3.05, 3.63) is 44.6 Å². The van der Waals surface area contributed by atoms with Gasteiger partial charge >= 0.3 is 0 Å². The summed E-state index contributed by atoms with van der Waals surface area (Å²) in [6, 6.07) is 5.76. The van der Waals surface area contributed by atoms with Crippen molar-refractivity contribution in [2.24, 2.45) is 0 Å². The van der Waals surface area contributed by atoms with Gasteiger partial charge in [0, 0.05) is 36.1 Å². The minimum atomic E-state index is -0.165. The van der Waals surface area contributed by atoms with Gasteiger partial charge in [-0.3, -0.25) is 9.69 Å². The van der Waals surface area contributed by atoms with E-state index in [1.807, 2.05) is 18.3 Å². The highest BCUT2D eigenvalue weighted by atomic mass is 35.5. The number of amides is 1. The molecule has 0 spiro atoms. The Hall–Kier alpha value is -1.76. The van der Waals surface area contributed by atoms with E-state index in [4.69, 9.17) is 21.1 Å². The summed E-state index contributed by atoms with van der Waals surface area (Å²) in [5, 5.41) is 5.56. The number of methoxy groups -OCH3 is 1. The number of carbonyl (C=O) groups excluding carboxylic acids is 1. The highest BCUT2D eigenvalue weighted by Crippen LogP contribution is 2.36. The minimum absolute atomic E-state index is 0.165. The van der Waals surface area contributed by atoms with Crippen LogP contribution in [0.25, 0.3) is 0 Å². The lowest BCUT2D eigenvalue weighted by Crippen LogP contribution is -2.44. The SMILES string of the molecule is CCCOc1c(Cl)cc(C(=O)NCC(C)N2CCc3sccc3C2)cc1OC. The molecule has 0 fully saturated rings. The molecule has 1 aliphatic rings. The van der Waals surface area contributed by atoms with Crippen LogP contribution in [-0.2, 0) is 13.0 Å². The number of halogens is 1. The van der Waals surface area contributed by atoms with Crippen LogP contribution in [0.1, 0.15) is 41.1 Å². The fourth-order valence-corrected chi connectivity index (χ4v) is 4.47. The first-order chi connectivity index (χ1) is 13.5. The second-order valence-electron chi connectivity index (χ2n) is 6.99. The predicted octanol–water partition coefficient (Wildman–Crippen LogP) is 4.38. The molecule has 1 N–H and O–H groups in total. The van der Waals surface area contributed by atoms with E-state index in [1.165, 1.54) is 10.4 Å². The van der Waals surface area contributed by atoms with Gasteiger partial charge < -0.3 is 14.8 Å². The molecule has 1 unspecified atom stereocenters. The summed E-state index contributed by atoms with van der Waals surface area (Å²) in [5.41, 5.74) is 1.88. The van der Waals surface area contributed by atoms with Crippen molar-refractivity contribution < 1.29 is 14.3 Å². The fourth-order valence-electron chi connectivity index (χ4n) is 3.31. The van der Waals surface area contributed by atoms with Crippen LogP contribution in [0.15, 0.2) is 23.6 Å². The Bertz CT molecular complexity index is 824. The largest absolute Gasteiger partial charge is 0.493 e. The third kappa shape index (κ3) is 4.80. The van der Waals surface area contributed by atoms with Crippen LogP contribution in [0.3, 0.4) is 0 Å². The Morgan fingerprint density at radius 3 is 3.00 bits per heavy atom. The van der Waals surface area contributed by atoms with E-state index in [0.29, 0.717) is 35.2 Å². The summed E-state index contributed by atoms with van der Waals surface area (Å²) in [6.07, 6.45) is 1.94. The van der Waals surface area contributed by atoms with Crippen LogP contribution in [0.5, 0.6) is 11.5 Å². The van der Waals surface area contributed by atoms with E-state index in [2.05, 4.69) is 28.6 Å². The Balaban J connectivity index is 1.61. The van der Waals surface area contributed by atoms with Gasteiger partial charge in [0.25, 0.3) is 5.91 Å². The van der Waals surface area contributed by atoms with E-state index in [9.17, 15) is 4.79 Å². The molecule has 152 valence electrons. The Labute approximate surface area is 175 Å². The van der Waals surface area contributed by atoms with Gasteiger partial charge in [0.2, 0.25) is 0 Å². The third-order valence-corrected chi connectivity index (χ3v) is 6.26. The molecule has 0 radical (unpaired) electrons. The highest BCUT2D eigenvalue weighted by molar-refractivity contribution is 7.10. The number of hydrogen-bond donors (Lipinski definition) is 1. The van der Waals surface area contributed by atoms with Gasteiger partial charge in [-0.1, -0.05) is 18.5 Å². The smallest absolute Gasteiger partial charge is 0.251 e. The number of nitrogens with one attached hydrogen (secondary N) is 1. The summed E-state index contributed by atoms with van der Waals surface area (Å²) in [4.78, 5) is 16.5. The first-order valence-corrected chi connectivity index (χ1v) is 10.9. The Kier molecular flexibility index (Phi) is 7.21. The van der Waals surface area contributed by atoms with Gasteiger partial charge in [0.1, 0.15) is 0 Å². The zero-order valence-electron chi connectivity index (χ0n) is 16.6. The van der Waals surface area contributed by atoms with Crippen LogP contribution < -0.4 is 14.8 Å². The van der Waals surface area contributed by atoms with Gasteiger partial charge in [0.15, 0.2) is 11.5 Å². The molecule has 1 aromatic heterocycles. The van der Waals surface area contributed by atoms with E-state index < -0.39 is 0 Å². The zero-order chi connectivity index (χ0) is 20.1. The average Bonchev–Trinajstić information content (AvgIpc) is 3.18. The number of carbonyl (C=O) groups is 1. The summed E-state index contributed by atoms with van der Waals surface area (Å²) < 4.78 is 11.0. The molecule has 1 aromatic carbocycles. The van der Waals surface area contributed by atoms with E-state index >= 15 is 0 Å². The van der Waals surface area contributed by atoms with E-state index in [-0.39, 0.29) is 11.9 Å². The molecular formula is C21H27ClN2O3S. The molecule has 1 aliphatic heterocycles. The fraction of sp³-hybridized carbons (Fsp3) is 0.476. The summed E-state index contributed by atoms with van der Waals surface area (Å²) in [6.45, 7) is 7.25. The van der Waals surface area contributed by atoms with Crippen LogP contribution in [0.2, 0.25) is 5.02 Å². The van der Waals surface area contributed by atoms with Crippen molar-refractivity contribution in [2.45, 2.75) is 39.3 Å². The van der Waals surface area contributed by atoms with Crippen molar-refractivity contribution in [3.63, 3.8) is 0 Å². The van der Waals surface area contributed by atoms with Gasteiger partial charge in [-0.25, -0.2) is 0 Å². The maximum Gasteiger partial charge on any atom is 0.251 e. The number of ether oxygens (including phenoxy) is 2. The van der Waals surface area contributed by atoms with Gasteiger partial charge in [0.05, 0.1) is 18.7 Å². The quantitative estimate of drug-likeness (QED) is 0.686. The monoisotopic (exact) mass is 422 g/mol. The van der Waals surface area contributed by atoms with Gasteiger partial charge in [-0.15, -0.1) is 11.3 Å². The maximum atomic E-state index is 12.7. The normalized spacial score (nSPS) is 15.0. The molecule has 7 heteroatoms. The van der Waals surface area contributed by atoms with Gasteiger partial charge in [-0.2, -0.15) is 0 Å². The van der Waals surface area contributed by atoms with Crippen LogP contribution in [-0.4, -0.2) is 43.7 Å². The summed E-state index contributed by atoms with van der Waals surface area (Å²) >= 11 is 8.16. The number of fused-ring (bicyclic) bond motifs is 1. The Morgan fingerprint density at radius 2 is 2.25 bits per heavy atom. The zero-order valence-corrected chi connectivity index (χ0v) is 18.2. The molecule has 28 heavy (non-hydrogen) atoms. The number of thiophene rings is 1. The van der Waals surface area contributed by atoms with Crippen LogP contribution in [0.4, 0.5) is 0 Å². The summed E-state index contributed by atoms with van der Waals surface area (Å²) in [5.74, 6) is 0.790. The van der Waals surface area contributed by atoms with Crippen molar-refractivity contribution in [1.82, 2.24) is 10.2 Å². The first-order valence-electron chi connectivity index (χ1n) is 9.61. The van der Waals surface area contributed by atoms with Crippen molar-refractivity contribution >= 4 is 28.8 Å². The van der Waals surface area contributed by atoms with E-state index in [1.54, 1.807) is 19.2 Å². The lowest BCUT2D eigenvalue weighted by atomic mass is 10.1. The first kappa shape index (κ1) is 21.0. The molecule has 0 saturated heterocycles. The number of hydrogen-bond acceptors (Lipinski definition) is 5. The molecule has 1 amide bonds. The van der Waals surface area contributed by atoms with Crippen LogP contribution >= 0.6 is 22.9 Å². The molecule has 2 heterocycles. The average molecular weight is 423 g/mol. The van der Waals surface area contributed by atoms with E-state index in [0.717, 1.165) is 25.9 Å². The van der Waals surface area contributed by atoms with Crippen molar-refractivity contribution in [1.29, 1.82) is 0 Å². The molecular weight excluding hydrogens is 396 g/mol. The number of rotatable bonds is 8. The molecule has 1 atom stereocenters. The maximum absolute atomic E-state index is 12.7. The molecule has 0 saturated carbocycles. The topological polar surface area (TPSA) is 50.8 Å². The molecule has 0 aliphatic carbocycles. The second kappa shape index (κ2) is 9.63. The molecule has 0 bridgehead atoms. The van der Waals surface area contributed by atoms with Crippen molar-refractivity contribution in [3.8, 4) is 11.5 Å². The van der Waals surface area contributed by atoms with Gasteiger partial charge in [-0.05, 0) is 48.9 Å². The number of benzene rings is 1. The molecule has 5 nitrogen and oxygen atoms in total.